The number of ketones is 1. The lowest BCUT2D eigenvalue weighted by Crippen LogP contribution is -2.51. The summed E-state index contributed by atoms with van der Waals surface area (Å²) in [7, 11) is 0. The molecule has 3 atom stereocenters. The van der Waals surface area contributed by atoms with E-state index in [9.17, 15) is 4.79 Å². The van der Waals surface area contributed by atoms with Crippen LogP contribution >= 0.6 is 0 Å². The van der Waals surface area contributed by atoms with E-state index in [1.807, 2.05) is 0 Å². The van der Waals surface area contributed by atoms with Gasteiger partial charge in [-0.25, -0.2) is 0 Å². The van der Waals surface area contributed by atoms with E-state index >= 15 is 0 Å². The Hall–Kier alpha value is -0.370. The van der Waals surface area contributed by atoms with Crippen molar-refractivity contribution in [2.75, 3.05) is 0 Å². The second-order valence-electron chi connectivity index (χ2n) is 5.71. The Morgan fingerprint density at radius 2 is 1.73 bits per heavy atom. The van der Waals surface area contributed by atoms with Gasteiger partial charge in [-0.3, -0.25) is 9.69 Å². The largest absolute Gasteiger partial charge is 0.300 e. The lowest BCUT2D eigenvalue weighted by Gasteiger charge is -2.44. The number of carbonyl (C=O) groups is 1. The average molecular weight is 207 g/mol. The number of hydrogen-bond acceptors (Lipinski definition) is 2. The van der Waals surface area contributed by atoms with Gasteiger partial charge in [0.25, 0.3) is 0 Å². The minimum atomic E-state index is 0.513. The number of rotatable bonds is 2. The summed E-state index contributed by atoms with van der Waals surface area (Å²) >= 11 is 0. The molecule has 2 heterocycles. The first-order chi connectivity index (χ1) is 7.25. The van der Waals surface area contributed by atoms with Crippen LogP contribution in [0, 0.1) is 5.92 Å². The summed E-state index contributed by atoms with van der Waals surface area (Å²) in [6.45, 7) is 2.39. The van der Waals surface area contributed by atoms with E-state index in [1.54, 1.807) is 0 Å². The standard InChI is InChI=1S/C13H21NO/c1-9(10-3-2-4-10)14-11-5-6-12(14)8-13(15)7-11/h9-12H,2-8H2,1H3. The molecule has 0 aromatic rings. The van der Waals surface area contributed by atoms with E-state index in [-0.39, 0.29) is 0 Å². The number of nitrogens with zero attached hydrogens (tertiary/aromatic N) is 1. The van der Waals surface area contributed by atoms with Crippen LogP contribution in [0.15, 0.2) is 0 Å². The van der Waals surface area contributed by atoms with Gasteiger partial charge >= 0.3 is 0 Å². The predicted molar refractivity (Wildman–Crippen MR) is 59.7 cm³/mol. The molecule has 84 valence electrons. The first kappa shape index (κ1) is 9.83. The first-order valence-corrected chi connectivity index (χ1v) is 6.55. The summed E-state index contributed by atoms with van der Waals surface area (Å²) in [5.41, 5.74) is 0. The van der Waals surface area contributed by atoms with E-state index in [1.165, 1.54) is 32.1 Å². The highest BCUT2D eigenvalue weighted by molar-refractivity contribution is 5.81. The monoisotopic (exact) mass is 207 g/mol. The summed E-state index contributed by atoms with van der Waals surface area (Å²) < 4.78 is 0. The fraction of sp³-hybridized carbons (Fsp3) is 0.923. The smallest absolute Gasteiger partial charge is 0.136 e. The zero-order valence-corrected chi connectivity index (χ0v) is 9.61. The molecule has 2 aliphatic heterocycles. The van der Waals surface area contributed by atoms with Crippen molar-refractivity contribution in [1.82, 2.24) is 4.90 Å². The third-order valence-corrected chi connectivity index (χ3v) is 4.91. The molecular formula is C13H21NO. The Morgan fingerprint density at radius 3 is 2.20 bits per heavy atom. The molecule has 1 aliphatic carbocycles. The fourth-order valence-electron chi connectivity index (χ4n) is 3.84. The van der Waals surface area contributed by atoms with Gasteiger partial charge in [-0.05, 0) is 38.5 Å². The molecular weight excluding hydrogens is 186 g/mol. The Morgan fingerprint density at radius 1 is 1.13 bits per heavy atom. The van der Waals surface area contributed by atoms with Crippen LogP contribution < -0.4 is 0 Å². The third-order valence-electron chi connectivity index (χ3n) is 4.91. The van der Waals surface area contributed by atoms with E-state index in [4.69, 9.17) is 0 Å². The zero-order chi connectivity index (χ0) is 10.4. The van der Waals surface area contributed by atoms with Crippen molar-refractivity contribution in [2.24, 2.45) is 5.92 Å². The summed E-state index contributed by atoms with van der Waals surface area (Å²) in [5, 5.41) is 0. The second kappa shape index (κ2) is 3.58. The molecule has 0 radical (unpaired) electrons. The lowest BCUT2D eigenvalue weighted by atomic mass is 9.78. The Bertz CT molecular complexity index is 256. The van der Waals surface area contributed by atoms with E-state index in [0.717, 1.165) is 24.8 Å². The third kappa shape index (κ3) is 1.54. The van der Waals surface area contributed by atoms with Gasteiger partial charge in [0.2, 0.25) is 0 Å². The highest BCUT2D eigenvalue weighted by Gasteiger charge is 2.44. The van der Waals surface area contributed by atoms with Crippen molar-refractivity contribution in [3.8, 4) is 0 Å². The van der Waals surface area contributed by atoms with Crippen LogP contribution in [-0.4, -0.2) is 28.8 Å². The van der Waals surface area contributed by atoms with Crippen LogP contribution in [0.1, 0.15) is 51.9 Å². The molecule has 0 aromatic carbocycles. The Balaban J connectivity index is 1.73. The van der Waals surface area contributed by atoms with Gasteiger partial charge < -0.3 is 0 Å². The minimum Gasteiger partial charge on any atom is -0.300 e. The Labute approximate surface area is 92.0 Å². The number of carbonyl (C=O) groups excluding carboxylic acids is 1. The van der Waals surface area contributed by atoms with Gasteiger partial charge in [0.05, 0.1) is 0 Å². The van der Waals surface area contributed by atoms with E-state index in [0.29, 0.717) is 17.9 Å². The topological polar surface area (TPSA) is 20.3 Å². The van der Waals surface area contributed by atoms with Crippen LogP contribution in [0.5, 0.6) is 0 Å². The highest BCUT2D eigenvalue weighted by Crippen LogP contribution is 2.41. The van der Waals surface area contributed by atoms with Gasteiger partial charge in [-0.15, -0.1) is 0 Å². The maximum absolute atomic E-state index is 11.5. The van der Waals surface area contributed by atoms with Crippen LogP contribution in [-0.2, 0) is 4.79 Å². The zero-order valence-electron chi connectivity index (χ0n) is 9.61. The molecule has 2 nitrogen and oxygen atoms in total. The lowest BCUT2D eigenvalue weighted by molar-refractivity contribution is -0.125. The predicted octanol–water partition coefficient (Wildman–Crippen LogP) is 2.37. The normalized spacial score (nSPS) is 39.1. The molecule has 0 N–H and O–H groups in total. The van der Waals surface area contributed by atoms with Crippen LogP contribution in [0.3, 0.4) is 0 Å². The van der Waals surface area contributed by atoms with Gasteiger partial charge in [0.1, 0.15) is 5.78 Å². The molecule has 2 bridgehead atoms. The van der Waals surface area contributed by atoms with Crippen LogP contribution in [0.25, 0.3) is 0 Å². The van der Waals surface area contributed by atoms with E-state index in [2.05, 4.69) is 11.8 Å². The molecule has 3 unspecified atom stereocenters. The molecule has 15 heavy (non-hydrogen) atoms. The number of hydrogen-bond donors (Lipinski definition) is 0. The molecule has 0 aromatic heterocycles. The van der Waals surface area contributed by atoms with Crippen LogP contribution in [0.4, 0.5) is 0 Å². The number of fused-ring (bicyclic) bond motifs is 2. The van der Waals surface area contributed by atoms with Crippen molar-refractivity contribution < 1.29 is 4.79 Å². The summed E-state index contributed by atoms with van der Waals surface area (Å²) in [6, 6.07) is 1.95. The summed E-state index contributed by atoms with van der Waals surface area (Å²) in [5.74, 6) is 1.45. The van der Waals surface area contributed by atoms with Gasteiger partial charge in [-0.1, -0.05) is 6.42 Å². The Kier molecular flexibility index (Phi) is 2.35. The minimum absolute atomic E-state index is 0.513. The average Bonchev–Trinajstić information content (AvgIpc) is 2.36. The van der Waals surface area contributed by atoms with E-state index < -0.39 is 0 Å². The van der Waals surface area contributed by atoms with Crippen molar-refractivity contribution in [1.29, 1.82) is 0 Å². The van der Waals surface area contributed by atoms with Gasteiger partial charge in [-0.2, -0.15) is 0 Å². The second-order valence-corrected chi connectivity index (χ2v) is 5.71. The SMILES string of the molecule is CC(C1CCC1)N1C2CCC1CC(=O)C2. The van der Waals surface area contributed by atoms with Gasteiger partial charge in [0.15, 0.2) is 0 Å². The molecule has 2 saturated heterocycles. The van der Waals surface area contributed by atoms with Crippen LogP contribution in [0.2, 0.25) is 0 Å². The molecule has 3 fully saturated rings. The molecule has 3 aliphatic rings. The fourth-order valence-corrected chi connectivity index (χ4v) is 3.84. The number of Topliss-reactive ketones (excluding diaryl/α,β-unsaturated/α-hetero) is 1. The van der Waals surface area contributed by atoms with Crippen molar-refractivity contribution in [2.45, 2.75) is 70.0 Å². The van der Waals surface area contributed by atoms with Crippen molar-refractivity contribution >= 4 is 5.78 Å². The quantitative estimate of drug-likeness (QED) is 0.693. The molecule has 3 rings (SSSR count). The molecule has 1 saturated carbocycles. The molecule has 2 heteroatoms. The first-order valence-electron chi connectivity index (χ1n) is 6.55. The van der Waals surface area contributed by atoms with Gasteiger partial charge in [0, 0.05) is 31.0 Å². The highest BCUT2D eigenvalue weighted by atomic mass is 16.1. The summed E-state index contributed by atoms with van der Waals surface area (Å²) in [4.78, 5) is 14.2. The van der Waals surface area contributed by atoms with Crippen molar-refractivity contribution in [3.63, 3.8) is 0 Å². The maximum atomic E-state index is 11.5. The van der Waals surface area contributed by atoms with Crippen molar-refractivity contribution in [3.05, 3.63) is 0 Å². The number of piperidine rings is 1. The summed E-state index contributed by atoms with van der Waals surface area (Å²) in [6.07, 6.45) is 8.50. The maximum Gasteiger partial charge on any atom is 0.136 e. The molecule has 0 amide bonds. The molecule has 0 spiro atoms.